The second-order valence-electron chi connectivity index (χ2n) is 5.49. The van der Waals surface area contributed by atoms with E-state index in [1.54, 1.807) is 4.90 Å². The highest BCUT2D eigenvalue weighted by Gasteiger charge is 2.39. The van der Waals surface area contributed by atoms with Gasteiger partial charge in [0.15, 0.2) is 0 Å². The van der Waals surface area contributed by atoms with E-state index in [1.807, 2.05) is 26.0 Å². The maximum atomic E-state index is 12.4. The first-order valence-corrected chi connectivity index (χ1v) is 6.72. The summed E-state index contributed by atoms with van der Waals surface area (Å²) in [5.41, 5.74) is 3.85. The minimum atomic E-state index is -0.534. The molecule has 5 nitrogen and oxygen atoms in total. The smallest absolute Gasteiger partial charge is 0.255 e. The lowest BCUT2D eigenvalue weighted by Gasteiger charge is -2.29. The maximum Gasteiger partial charge on any atom is 0.255 e. The van der Waals surface area contributed by atoms with Crippen molar-refractivity contribution in [3.63, 3.8) is 0 Å². The Labute approximate surface area is 116 Å². The van der Waals surface area contributed by atoms with Crippen molar-refractivity contribution in [2.75, 3.05) is 0 Å². The topological polar surface area (TPSA) is 66.5 Å². The molecule has 0 saturated carbocycles. The Morgan fingerprint density at radius 1 is 1.15 bits per heavy atom. The summed E-state index contributed by atoms with van der Waals surface area (Å²) in [4.78, 5) is 37.1. The number of hydrogen-bond acceptors (Lipinski definition) is 3. The molecule has 2 aliphatic rings. The molecule has 0 aromatic heterocycles. The van der Waals surface area contributed by atoms with Gasteiger partial charge in [-0.05, 0) is 43.0 Å². The van der Waals surface area contributed by atoms with Crippen LogP contribution >= 0.6 is 0 Å². The summed E-state index contributed by atoms with van der Waals surface area (Å²) in [5, 5.41) is 2.30. The minimum Gasteiger partial charge on any atom is -0.322 e. The predicted molar refractivity (Wildman–Crippen MR) is 72.0 cm³/mol. The van der Waals surface area contributed by atoms with Gasteiger partial charge < -0.3 is 4.90 Å². The van der Waals surface area contributed by atoms with E-state index < -0.39 is 6.04 Å². The Morgan fingerprint density at radius 3 is 2.55 bits per heavy atom. The van der Waals surface area contributed by atoms with Gasteiger partial charge in [-0.15, -0.1) is 0 Å². The fourth-order valence-corrected chi connectivity index (χ4v) is 2.85. The third kappa shape index (κ3) is 1.90. The van der Waals surface area contributed by atoms with Crippen molar-refractivity contribution in [2.45, 2.75) is 39.3 Å². The largest absolute Gasteiger partial charge is 0.322 e. The molecule has 1 aromatic rings. The number of hydrogen-bond donors (Lipinski definition) is 1. The van der Waals surface area contributed by atoms with Gasteiger partial charge in [-0.25, -0.2) is 0 Å². The zero-order valence-corrected chi connectivity index (χ0v) is 11.5. The standard InChI is InChI=1S/C15H16N2O3/c1-8-5-10-7-17(15(20)11(10)6-9(8)2)12-3-4-13(18)16-14(12)19/h5-6,12H,3-4,7H2,1-2H3,(H,16,18,19). The lowest BCUT2D eigenvalue weighted by atomic mass is 10.0. The molecule has 3 amide bonds. The Bertz CT molecular complexity index is 636. The summed E-state index contributed by atoms with van der Waals surface area (Å²) >= 11 is 0. The van der Waals surface area contributed by atoms with Gasteiger partial charge in [-0.1, -0.05) is 6.07 Å². The number of aryl methyl sites for hydroxylation is 2. The number of carbonyl (C=O) groups is 3. The highest BCUT2D eigenvalue weighted by Crippen LogP contribution is 2.29. The molecule has 0 aliphatic carbocycles. The van der Waals surface area contributed by atoms with Crippen LogP contribution in [0.25, 0.3) is 0 Å². The molecule has 1 atom stereocenters. The molecule has 0 spiro atoms. The summed E-state index contributed by atoms with van der Waals surface area (Å²) in [6.07, 6.45) is 0.691. The van der Waals surface area contributed by atoms with Crippen LogP contribution in [0.1, 0.15) is 39.9 Å². The second-order valence-corrected chi connectivity index (χ2v) is 5.49. The van der Waals surface area contributed by atoms with Crippen LogP contribution in [0.15, 0.2) is 12.1 Å². The number of benzene rings is 1. The second kappa shape index (κ2) is 4.44. The molecular weight excluding hydrogens is 256 g/mol. The van der Waals surface area contributed by atoms with Crippen LogP contribution in [0.3, 0.4) is 0 Å². The van der Waals surface area contributed by atoms with Gasteiger partial charge in [0, 0.05) is 18.5 Å². The van der Waals surface area contributed by atoms with Crippen molar-refractivity contribution in [3.8, 4) is 0 Å². The molecule has 2 heterocycles. The van der Waals surface area contributed by atoms with E-state index in [2.05, 4.69) is 5.32 Å². The Morgan fingerprint density at radius 2 is 1.85 bits per heavy atom. The average molecular weight is 272 g/mol. The minimum absolute atomic E-state index is 0.113. The molecule has 0 radical (unpaired) electrons. The molecule has 104 valence electrons. The lowest BCUT2D eigenvalue weighted by molar-refractivity contribution is -0.136. The molecule has 1 N–H and O–H groups in total. The van der Waals surface area contributed by atoms with Gasteiger partial charge in [0.25, 0.3) is 5.91 Å². The van der Waals surface area contributed by atoms with Crippen LogP contribution in [0.5, 0.6) is 0 Å². The summed E-state index contributed by atoms with van der Waals surface area (Å²) < 4.78 is 0. The molecule has 1 aromatic carbocycles. The summed E-state index contributed by atoms with van der Waals surface area (Å²) in [5.74, 6) is -0.740. The highest BCUT2D eigenvalue weighted by atomic mass is 16.2. The zero-order chi connectivity index (χ0) is 14.4. The van der Waals surface area contributed by atoms with Gasteiger partial charge >= 0.3 is 0 Å². The summed E-state index contributed by atoms with van der Waals surface area (Å²) in [7, 11) is 0. The van der Waals surface area contributed by atoms with Crippen molar-refractivity contribution in [3.05, 3.63) is 34.4 Å². The summed E-state index contributed by atoms with van der Waals surface area (Å²) in [6, 6.07) is 3.36. The van der Waals surface area contributed by atoms with Gasteiger partial charge in [-0.3, -0.25) is 19.7 Å². The van der Waals surface area contributed by atoms with Crippen molar-refractivity contribution in [2.24, 2.45) is 0 Å². The number of carbonyl (C=O) groups excluding carboxylic acids is 3. The van der Waals surface area contributed by atoms with E-state index >= 15 is 0 Å². The molecule has 20 heavy (non-hydrogen) atoms. The zero-order valence-electron chi connectivity index (χ0n) is 11.5. The van der Waals surface area contributed by atoms with Crippen molar-refractivity contribution >= 4 is 17.7 Å². The molecule has 1 unspecified atom stereocenters. The molecular formula is C15H16N2O3. The fraction of sp³-hybridized carbons (Fsp3) is 0.400. The number of piperidine rings is 1. The molecule has 5 heteroatoms. The fourth-order valence-electron chi connectivity index (χ4n) is 2.85. The molecule has 0 bridgehead atoms. The number of nitrogens with zero attached hydrogens (tertiary/aromatic N) is 1. The van der Waals surface area contributed by atoms with E-state index in [4.69, 9.17) is 0 Å². The lowest BCUT2D eigenvalue weighted by Crippen LogP contribution is -2.52. The van der Waals surface area contributed by atoms with Crippen LogP contribution in [-0.2, 0) is 16.1 Å². The third-order valence-corrected chi connectivity index (χ3v) is 4.14. The average Bonchev–Trinajstić information content (AvgIpc) is 2.68. The molecule has 2 aliphatic heterocycles. The Kier molecular flexibility index (Phi) is 2.85. The van der Waals surface area contributed by atoms with E-state index in [1.165, 1.54) is 0 Å². The van der Waals surface area contributed by atoms with Crippen LogP contribution in [-0.4, -0.2) is 28.7 Å². The van der Waals surface area contributed by atoms with Crippen molar-refractivity contribution in [1.82, 2.24) is 10.2 Å². The van der Waals surface area contributed by atoms with E-state index in [0.29, 0.717) is 18.5 Å². The quantitative estimate of drug-likeness (QED) is 0.777. The van der Waals surface area contributed by atoms with E-state index in [0.717, 1.165) is 16.7 Å². The molecule has 3 rings (SSSR count). The molecule has 1 saturated heterocycles. The van der Waals surface area contributed by atoms with Crippen LogP contribution in [0.2, 0.25) is 0 Å². The van der Waals surface area contributed by atoms with Crippen molar-refractivity contribution < 1.29 is 14.4 Å². The number of rotatable bonds is 1. The van der Waals surface area contributed by atoms with Gasteiger partial charge in [0.1, 0.15) is 6.04 Å². The predicted octanol–water partition coefficient (Wildman–Crippen LogP) is 1.06. The Balaban J connectivity index is 1.90. The first-order valence-electron chi connectivity index (χ1n) is 6.72. The number of amides is 3. The monoisotopic (exact) mass is 272 g/mol. The van der Waals surface area contributed by atoms with Crippen LogP contribution in [0.4, 0.5) is 0 Å². The summed E-state index contributed by atoms with van der Waals surface area (Å²) in [6.45, 7) is 4.42. The van der Waals surface area contributed by atoms with E-state index in [-0.39, 0.29) is 24.1 Å². The number of fused-ring (bicyclic) bond motifs is 1. The van der Waals surface area contributed by atoms with Crippen LogP contribution < -0.4 is 5.32 Å². The third-order valence-electron chi connectivity index (χ3n) is 4.14. The first kappa shape index (κ1) is 12.8. The number of nitrogens with one attached hydrogen (secondary N) is 1. The normalized spacial score (nSPS) is 22.0. The van der Waals surface area contributed by atoms with Gasteiger partial charge in [0.2, 0.25) is 11.8 Å². The van der Waals surface area contributed by atoms with Gasteiger partial charge in [0.05, 0.1) is 0 Å². The first-order chi connectivity index (χ1) is 9.47. The maximum absolute atomic E-state index is 12.4. The molecule has 1 fully saturated rings. The highest BCUT2D eigenvalue weighted by molar-refractivity contribution is 6.05. The SMILES string of the molecule is Cc1cc2c(cc1C)C(=O)N(C1CCC(=O)NC1=O)C2. The van der Waals surface area contributed by atoms with E-state index in [9.17, 15) is 14.4 Å². The van der Waals surface area contributed by atoms with Crippen molar-refractivity contribution in [1.29, 1.82) is 0 Å². The van der Waals surface area contributed by atoms with Crippen LogP contribution in [0, 0.1) is 13.8 Å². The number of imide groups is 1. The Hall–Kier alpha value is -2.17. The van der Waals surface area contributed by atoms with Gasteiger partial charge in [-0.2, -0.15) is 0 Å².